The monoisotopic (exact) mass is 469 g/mol. The molecule has 1 aromatic heterocycles. The Kier molecular flexibility index (Phi) is 8.25. The van der Waals surface area contributed by atoms with Crippen LogP contribution in [0.15, 0.2) is 28.6 Å². The number of carbonyl (C=O) groups excluding carboxylic acids is 2. The number of hydrogen-bond acceptors (Lipinski definition) is 6. The van der Waals surface area contributed by atoms with Crippen LogP contribution in [0.25, 0.3) is 0 Å². The summed E-state index contributed by atoms with van der Waals surface area (Å²) in [5.41, 5.74) is 0.234. The summed E-state index contributed by atoms with van der Waals surface area (Å²) in [6.07, 6.45) is 6.24. The zero-order chi connectivity index (χ0) is 22.4. The molecule has 6 nitrogen and oxygen atoms in total. The minimum Gasteiger partial charge on any atom is -0.465 e. The van der Waals surface area contributed by atoms with Crippen molar-refractivity contribution in [1.29, 1.82) is 0 Å². The summed E-state index contributed by atoms with van der Waals surface area (Å²) in [6.45, 7) is 4.02. The highest BCUT2D eigenvalue weighted by Crippen LogP contribution is 2.55. The van der Waals surface area contributed by atoms with Gasteiger partial charge in [0.25, 0.3) is 0 Å². The van der Waals surface area contributed by atoms with Gasteiger partial charge in [0, 0.05) is 18.3 Å². The Labute approximate surface area is 188 Å². The third-order valence-electron chi connectivity index (χ3n) is 5.09. The van der Waals surface area contributed by atoms with Gasteiger partial charge in [0.2, 0.25) is 0 Å². The van der Waals surface area contributed by atoms with E-state index in [9.17, 15) is 18.4 Å². The van der Waals surface area contributed by atoms with Crippen molar-refractivity contribution in [3.8, 4) is 0 Å². The van der Waals surface area contributed by atoms with E-state index in [2.05, 4.69) is 10.3 Å². The SMILES string of the molecule is C1CC2CC12.CCOC(=O)CSc1cnc(NC(=O)N(CC)c2ccc(F)c(F)c2)s1. The average Bonchev–Trinajstić information content (AvgIpc) is 3.10. The number of aromatic nitrogens is 1. The number of anilines is 2. The van der Waals surface area contributed by atoms with Crippen LogP contribution in [0.5, 0.6) is 0 Å². The van der Waals surface area contributed by atoms with Crippen LogP contribution >= 0.6 is 23.1 Å². The van der Waals surface area contributed by atoms with Gasteiger partial charge >= 0.3 is 12.0 Å². The minimum absolute atomic E-state index is 0.152. The lowest BCUT2D eigenvalue weighted by atomic mass is 10.0. The van der Waals surface area contributed by atoms with Crippen LogP contribution in [0.4, 0.5) is 24.4 Å². The molecule has 0 saturated heterocycles. The number of amides is 2. The lowest BCUT2D eigenvalue weighted by molar-refractivity contribution is -0.139. The number of fused-ring (bicyclic) bond motifs is 1. The molecule has 1 heterocycles. The first kappa shape index (κ1) is 23.5. The van der Waals surface area contributed by atoms with Gasteiger partial charge in [0.05, 0.1) is 22.8 Å². The number of benzene rings is 1. The van der Waals surface area contributed by atoms with Crippen LogP contribution < -0.4 is 10.2 Å². The molecule has 2 aliphatic rings. The molecule has 31 heavy (non-hydrogen) atoms. The van der Waals surface area contributed by atoms with Crippen molar-refractivity contribution in [2.24, 2.45) is 11.8 Å². The first-order valence-electron chi connectivity index (χ1n) is 10.2. The molecule has 2 aromatic rings. The van der Waals surface area contributed by atoms with Crippen molar-refractivity contribution in [2.45, 2.75) is 37.3 Å². The highest BCUT2D eigenvalue weighted by Gasteiger charge is 2.44. The van der Waals surface area contributed by atoms with E-state index < -0.39 is 17.7 Å². The quantitative estimate of drug-likeness (QED) is 0.425. The number of rotatable bonds is 7. The summed E-state index contributed by atoms with van der Waals surface area (Å²) in [7, 11) is 0. The van der Waals surface area contributed by atoms with E-state index >= 15 is 0 Å². The zero-order valence-electron chi connectivity index (χ0n) is 17.4. The lowest BCUT2D eigenvalue weighted by Crippen LogP contribution is -2.34. The summed E-state index contributed by atoms with van der Waals surface area (Å²) in [5, 5.41) is 2.94. The van der Waals surface area contributed by atoms with E-state index in [1.165, 1.54) is 52.1 Å². The summed E-state index contributed by atoms with van der Waals surface area (Å²) in [5.74, 6) is 0.283. The van der Waals surface area contributed by atoms with E-state index in [0.29, 0.717) is 11.7 Å². The maximum Gasteiger partial charge on any atom is 0.328 e. The molecule has 2 saturated carbocycles. The van der Waals surface area contributed by atoms with Crippen LogP contribution in [-0.2, 0) is 9.53 Å². The second-order valence-corrected chi connectivity index (χ2v) is 9.49. The van der Waals surface area contributed by atoms with Gasteiger partial charge in [0.15, 0.2) is 16.8 Å². The number of thioether (sulfide) groups is 1. The predicted molar refractivity (Wildman–Crippen MR) is 119 cm³/mol. The number of carbonyl (C=O) groups is 2. The molecule has 4 rings (SSSR count). The standard InChI is InChI=1S/C16H17F2N3O3S2.C5H8/c1-3-21(10-5-6-11(17)12(18)7-10)16(23)20-15-19-8-14(26-15)25-9-13(22)24-4-2;1-2-5-3-4(1)5/h5-8H,3-4,9H2,1-2H3,(H,19,20,23);4-5H,1-3H2. The molecule has 2 unspecified atom stereocenters. The van der Waals surface area contributed by atoms with E-state index in [0.717, 1.165) is 16.3 Å². The van der Waals surface area contributed by atoms with Gasteiger partial charge in [-0.3, -0.25) is 15.0 Å². The summed E-state index contributed by atoms with van der Waals surface area (Å²) in [6, 6.07) is 2.73. The van der Waals surface area contributed by atoms with Gasteiger partial charge in [0.1, 0.15) is 0 Å². The van der Waals surface area contributed by atoms with Gasteiger partial charge in [-0.05, 0) is 57.1 Å². The third kappa shape index (κ3) is 6.64. The smallest absolute Gasteiger partial charge is 0.328 e. The number of urea groups is 1. The Morgan fingerprint density at radius 2 is 2.00 bits per heavy atom. The van der Waals surface area contributed by atoms with Crippen molar-refractivity contribution in [3.63, 3.8) is 0 Å². The Morgan fingerprint density at radius 3 is 2.55 bits per heavy atom. The van der Waals surface area contributed by atoms with Gasteiger partial charge in [-0.15, -0.1) is 11.8 Å². The Morgan fingerprint density at radius 1 is 1.26 bits per heavy atom. The van der Waals surface area contributed by atoms with E-state index in [1.807, 2.05) is 0 Å². The van der Waals surface area contributed by atoms with Gasteiger partial charge in [-0.2, -0.15) is 0 Å². The highest BCUT2D eigenvalue weighted by molar-refractivity contribution is 8.01. The van der Waals surface area contributed by atoms with Crippen molar-refractivity contribution in [3.05, 3.63) is 36.0 Å². The molecular formula is C21H25F2N3O3S2. The van der Waals surface area contributed by atoms with Crippen LogP contribution in [0, 0.1) is 23.5 Å². The van der Waals surface area contributed by atoms with Crippen LogP contribution in [0.1, 0.15) is 33.1 Å². The molecular weight excluding hydrogens is 444 g/mol. The van der Waals surface area contributed by atoms with Crippen molar-refractivity contribution in [1.82, 2.24) is 4.98 Å². The highest BCUT2D eigenvalue weighted by atomic mass is 32.2. The van der Waals surface area contributed by atoms with Gasteiger partial charge in [-0.1, -0.05) is 11.3 Å². The van der Waals surface area contributed by atoms with Crippen LogP contribution in [0.2, 0.25) is 0 Å². The van der Waals surface area contributed by atoms with Gasteiger partial charge < -0.3 is 4.74 Å². The Hall–Kier alpha value is -2.20. The average molecular weight is 470 g/mol. The Balaban J connectivity index is 0.000000465. The second-order valence-electron chi connectivity index (χ2n) is 7.18. The van der Waals surface area contributed by atoms with Gasteiger partial charge in [-0.25, -0.2) is 18.6 Å². The van der Waals surface area contributed by atoms with Crippen LogP contribution in [-0.4, -0.2) is 35.9 Å². The maximum atomic E-state index is 13.4. The fraction of sp³-hybridized carbons (Fsp3) is 0.476. The first-order valence-corrected chi connectivity index (χ1v) is 12.0. The number of nitrogens with zero attached hydrogens (tertiary/aromatic N) is 2. The fourth-order valence-corrected chi connectivity index (χ4v) is 4.82. The zero-order valence-corrected chi connectivity index (χ0v) is 19.0. The number of hydrogen-bond donors (Lipinski definition) is 1. The number of halogens is 2. The number of ether oxygens (including phenoxy) is 1. The van der Waals surface area contributed by atoms with E-state index in [4.69, 9.17) is 4.74 Å². The molecule has 0 aliphatic heterocycles. The molecule has 0 spiro atoms. The molecule has 1 N–H and O–H groups in total. The number of nitrogens with one attached hydrogen (secondary N) is 1. The topological polar surface area (TPSA) is 71.5 Å². The molecule has 168 valence electrons. The predicted octanol–water partition coefficient (Wildman–Crippen LogP) is 5.55. The molecule has 2 amide bonds. The van der Waals surface area contributed by atoms with Crippen molar-refractivity contribution in [2.75, 3.05) is 29.1 Å². The second kappa shape index (κ2) is 10.9. The summed E-state index contributed by atoms with van der Waals surface area (Å²) < 4.78 is 32.0. The first-order chi connectivity index (χ1) is 14.9. The van der Waals surface area contributed by atoms with Crippen molar-refractivity contribution >= 4 is 45.9 Å². The Bertz CT molecular complexity index is 913. The third-order valence-corrected chi connectivity index (χ3v) is 7.17. The molecule has 2 aliphatic carbocycles. The van der Waals surface area contributed by atoms with Crippen LogP contribution in [0.3, 0.4) is 0 Å². The maximum absolute atomic E-state index is 13.4. The molecule has 0 bridgehead atoms. The molecule has 0 radical (unpaired) electrons. The minimum atomic E-state index is -1.03. The molecule has 1 aromatic carbocycles. The fourth-order valence-electron chi connectivity index (χ4n) is 3.16. The summed E-state index contributed by atoms with van der Waals surface area (Å²) in [4.78, 5) is 29.1. The lowest BCUT2D eigenvalue weighted by Gasteiger charge is -2.20. The molecule has 2 fully saturated rings. The molecule has 10 heteroatoms. The molecule has 2 atom stereocenters. The van der Waals surface area contributed by atoms with E-state index in [-0.39, 0.29) is 24.0 Å². The van der Waals surface area contributed by atoms with Crippen molar-refractivity contribution < 1.29 is 23.1 Å². The largest absolute Gasteiger partial charge is 0.465 e. The van der Waals surface area contributed by atoms with E-state index in [1.54, 1.807) is 33.1 Å². The normalized spacial score (nSPS) is 18.1. The number of thiazole rings is 1. The number of esters is 1. The summed E-state index contributed by atoms with van der Waals surface area (Å²) >= 11 is 2.46.